The number of sulfonamides is 1. The molecule has 2 rings (SSSR count). The minimum absolute atomic E-state index is 0.119. The number of aryl methyl sites for hydroxylation is 2. The van der Waals surface area contributed by atoms with Gasteiger partial charge in [-0.1, -0.05) is 12.1 Å². The fraction of sp³-hybridized carbons (Fsp3) is 0.588. The number of nitrogens with zero attached hydrogens (tertiary/aromatic N) is 2. The highest BCUT2D eigenvalue weighted by atomic mass is 32.2. The standard InChI is InChI=1S/C17H27N3O3S/c1-13-5-6-14(2)16(11-13)20(24(4,22)23)12-17(21)18-15-7-9-19(3)10-8-15/h5-6,11,15H,7-10,12H2,1-4H3,(H,18,21). The van der Waals surface area contributed by atoms with Gasteiger partial charge in [0.25, 0.3) is 0 Å². The molecule has 1 N–H and O–H groups in total. The van der Waals surface area contributed by atoms with Crippen LogP contribution >= 0.6 is 0 Å². The van der Waals surface area contributed by atoms with Crippen molar-refractivity contribution in [1.29, 1.82) is 0 Å². The second-order valence-corrected chi connectivity index (χ2v) is 8.61. The predicted molar refractivity (Wildman–Crippen MR) is 96.8 cm³/mol. The lowest BCUT2D eigenvalue weighted by Gasteiger charge is -2.30. The number of likely N-dealkylation sites (tertiary alicyclic amines) is 1. The lowest BCUT2D eigenvalue weighted by Crippen LogP contribution is -2.47. The number of benzene rings is 1. The number of amides is 1. The molecular formula is C17H27N3O3S. The van der Waals surface area contributed by atoms with Crippen molar-refractivity contribution in [2.24, 2.45) is 0 Å². The van der Waals surface area contributed by atoms with E-state index in [-0.39, 0.29) is 18.5 Å². The number of piperidine rings is 1. The minimum Gasteiger partial charge on any atom is -0.352 e. The summed E-state index contributed by atoms with van der Waals surface area (Å²) in [6.45, 7) is 5.45. The number of carbonyl (C=O) groups is 1. The van der Waals surface area contributed by atoms with Crippen LogP contribution in [-0.4, -0.2) is 58.2 Å². The molecule has 0 atom stereocenters. The Bertz CT molecular complexity index is 695. The van der Waals surface area contributed by atoms with E-state index < -0.39 is 10.0 Å². The van der Waals surface area contributed by atoms with Gasteiger partial charge in [-0.2, -0.15) is 0 Å². The van der Waals surface area contributed by atoms with Crippen molar-refractivity contribution in [2.45, 2.75) is 32.7 Å². The lowest BCUT2D eigenvalue weighted by atomic mass is 10.1. The van der Waals surface area contributed by atoms with Crippen LogP contribution in [0.1, 0.15) is 24.0 Å². The molecule has 0 saturated carbocycles. The van der Waals surface area contributed by atoms with Gasteiger partial charge in [0.05, 0.1) is 11.9 Å². The number of rotatable bonds is 5. The monoisotopic (exact) mass is 353 g/mol. The number of hydrogen-bond donors (Lipinski definition) is 1. The highest BCUT2D eigenvalue weighted by Gasteiger charge is 2.24. The Morgan fingerprint density at radius 3 is 2.50 bits per heavy atom. The number of hydrogen-bond acceptors (Lipinski definition) is 4. The molecule has 0 spiro atoms. The van der Waals surface area contributed by atoms with Crippen LogP contribution in [0.4, 0.5) is 5.69 Å². The van der Waals surface area contributed by atoms with Crippen molar-refractivity contribution >= 4 is 21.6 Å². The van der Waals surface area contributed by atoms with E-state index in [4.69, 9.17) is 0 Å². The Kier molecular flexibility index (Phi) is 5.87. The second-order valence-electron chi connectivity index (χ2n) is 6.70. The van der Waals surface area contributed by atoms with Crippen molar-refractivity contribution in [3.05, 3.63) is 29.3 Å². The molecule has 1 fully saturated rings. The van der Waals surface area contributed by atoms with Crippen LogP contribution in [0.2, 0.25) is 0 Å². The first kappa shape index (κ1) is 18.7. The van der Waals surface area contributed by atoms with Crippen LogP contribution < -0.4 is 9.62 Å². The van der Waals surface area contributed by atoms with Gasteiger partial charge in [0.1, 0.15) is 6.54 Å². The molecule has 7 heteroatoms. The smallest absolute Gasteiger partial charge is 0.240 e. The molecular weight excluding hydrogens is 326 g/mol. The average Bonchev–Trinajstić information content (AvgIpc) is 2.49. The van der Waals surface area contributed by atoms with Crippen LogP contribution in [0.3, 0.4) is 0 Å². The van der Waals surface area contributed by atoms with Gasteiger partial charge in [-0.3, -0.25) is 9.10 Å². The van der Waals surface area contributed by atoms with E-state index in [0.29, 0.717) is 5.69 Å². The molecule has 0 aliphatic carbocycles. The highest BCUT2D eigenvalue weighted by Crippen LogP contribution is 2.23. The van der Waals surface area contributed by atoms with Gasteiger partial charge < -0.3 is 10.2 Å². The molecule has 1 amide bonds. The number of anilines is 1. The maximum absolute atomic E-state index is 12.4. The van der Waals surface area contributed by atoms with E-state index >= 15 is 0 Å². The van der Waals surface area contributed by atoms with E-state index in [2.05, 4.69) is 17.3 Å². The summed E-state index contributed by atoms with van der Waals surface area (Å²) in [6.07, 6.45) is 2.92. The largest absolute Gasteiger partial charge is 0.352 e. The Morgan fingerprint density at radius 2 is 1.92 bits per heavy atom. The van der Waals surface area contributed by atoms with Crippen LogP contribution in [0.15, 0.2) is 18.2 Å². The number of carbonyl (C=O) groups excluding carboxylic acids is 1. The van der Waals surface area contributed by atoms with E-state index in [0.717, 1.165) is 43.3 Å². The molecule has 1 aromatic carbocycles. The number of nitrogens with one attached hydrogen (secondary N) is 1. The third kappa shape index (κ3) is 4.95. The van der Waals surface area contributed by atoms with Crippen molar-refractivity contribution in [1.82, 2.24) is 10.2 Å². The molecule has 134 valence electrons. The van der Waals surface area contributed by atoms with Crippen molar-refractivity contribution in [2.75, 3.05) is 37.2 Å². The second kappa shape index (κ2) is 7.53. The van der Waals surface area contributed by atoms with Gasteiger partial charge in [-0.25, -0.2) is 8.42 Å². The quantitative estimate of drug-likeness (QED) is 0.866. The first-order chi connectivity index (χ1) is 11.2. The highest BCUT2D eigenvalue weighted by molar-refractivity contribution is 7.92. The third-order valence-corrected chi connectivity index (χ3v) is 5.53. The van der Waals surface area contributed by atoms with Gasteiger partial charge in [-0.15, -0.1) is 0 Å². The van der Waals surface area contributed by atoms with Crippen LogP contribution in [0.5, 0.6) is 0 Å². The van der Waals surface area contributed by atoms with Crippen molar-refractivity contribution in [3.63, 3.8) is 0 Å². The van der Waals surface area contributed by atoms with Crippen LogP contribution in [0.25, 0.3) is 0 Å². The SMILES string of the molecule is Cc1ccc(C)c(N(CC(=O)NC2CCN(C)CC2)S(C)(=O)=O)c1. The maximum Gasteiger partial charge on any atom is 0.240 e. The molecule has 0 radical (unpaired) electrons. The predicted octanol–water partition coefficient (Wildman–Crippen LogP) is 1.28. The summed E-state index contributed by atoms with van der Waals surface area (Å²) < 4.78 is 25.6. The summed E-state index contributed by atoms with van der Waals surface area (Å²) in [7, 11) is -1.48. The molecule has 1 heterocycles. The summed E-state index contributed by atoms with van der Waals surface area (Å²) >= 11 is 0. The molecule has 0 aromatic heterocycles. The molecule has 24 heavy (non-hydrogen) atoms. The summed E-state index contributed by atoms with van der Waals surface area (Å²) in [4.78, 5) is 14.6. The molecule has 0 unspecified atom stereocenters. The third-order valence-electron chi connectivity index (χ3n) is 4.40. The zero-order valence-electron chi connectivity index (χ0n) is 14.9. The summed E-state index contributed by atoms with van der Waals surface area (Å²) in [6, 6.07) is 5.73. The van der Waals surface area contributed by atoms with Gasteiger partial charge in [0, 0.05) is 6.04 Å². The summed E-state index contributed by atoms with van der Waals surface area (Å²) in [5, 5.41) is 2.97. The molecule has 0 bridgehead atoms. The lowest BCUT2D eigenvalue weighted by molar-refractivity contribution is -0.120. The molecule has 1 saturated heterocycles. The topological polar surface area (TPSA) is 69.7 Å². The van der Waals surface area contributed by atoms with Gasteiger partial charge >= 0.3 is 0 Å². The average molecular weight is 353 g/mol. The van der Waals surface area contributed by atoms with Gasteiger partial charge in [0.15, 0.2) is 0 Å². The molecule has 1 aromatic rings. The molecule has 1 aliphatic heterocycles. The zero-order valence-corrected chi connectivity index (χ0v) is 15.7. The molecule has 6 nitrogen and oxygen atoms in total. The Hall–Kier alpha value is -1.60. The van der Waals surface area contributed by atoms with Gasteiger partial charge in [-0.05, 0) is 64.0 Å². The summed E-state index contributed by atoms with van der Waals surface area (Å²) in [5.41, 5.74) is 2.36. The van der Waals surface area contributed by atoms with Gasteiger partial charge in [0.2, 0.25) is 15.9 Å². The Morgan fingerprint density at radius 1 is 1.29 bits per heavy atom. The minimum atomic E-state index is -3.54. The van der Waals surface area contributed by atoms with Crippen LogP contribution in [0, 0.1) is 13.8 Å². The summed E-state index contributed by atoms with van der Waals surface area (Å²) in [5.74, 6) is -0.254. The first-order valence-electron chi connectivity index (χ1n) is 8.19. The Balaban J connectivity index is 2.12. The maximum atomic E-state index is 12.4. The van der Waals surface area contributed by atoms with E-state index in [1.54, 1.807) is 6.07 Å². The first-order valence-corrected chi connectivity index (χ1v) is 10.0. The fourth-order valence-corrected chi connectivity index (χ4v) is 3.83. The van der Waals surface area contributed by atoms with Crippen LogP contribution in [-0.2, 0) is 14.8 Å². The van der Waals surface area contributed by atoms with Crippen molar-refractivity contribution < 1.29 is 13.2 Å². The zero-order chi connectivity index (χ0) is 17.9. The Labute approximate surface area is 144 Å². The van der Waals surface area contributed by atoms with Crippen molar-refractivity contribution in [3.8, 4) is 0 Å². The van der Waals surface area contributed by atoms with E-state index in [9.17, 15) is 13.2 Å². The molecule has 1 aliphatic rings. The van der Waals surface area contributed by atoms with E-state index in [1.165, 1.54) is 4.31 Å². The normalized spacial score (nSPS) is 16.8. The van der Waals surface area contributed by atoms with E-state index in [1.807, 2.05) is 26.0 Å². The fourth-order valence-electron chi connectivity index (χ4n) is 2.93.